The summed E-state index contributed by atoms with van der Waals surface area (Å²) in [6.45, 7) is 2.02. The predicted octanol–water partition coefficient (Wildman–Crippen LogP) is 2.41. The normalized spacial score (nSPS) is 23.2. The summed E-state index contributed by atoms with van der Waals surface area (Å²) in [6.07, 6.45) is 2.22. The molecule has 2 fully saturated rings. The van der Waals surface area contributed by atoms with Crippen LogP contribution in [0.25, 0.3) is 0 Å². The van der Waals surface area contributed by atoms with Crippen molar-refractivity contribution in [2.24, 2.45) is 11.8 Å². The first-order valence-corrected chi connectivity index (χ1v) is 8.93. The van der Waals surface area contributed by atoms with Gasteiger partial charge in [-0.25, -0.2) is 4.39 Å². The van der Waals surface area contributed by atoms with E-state index in [1.165, 1.54) is 0 Å². The predicted molar refractivity (Wildman–Crippen MR) is 92.3 cm³/mol. The molecule has 3 rings (SSSR count). The lowest BCUT2D eigenvalue weighted by Gasteiger charge is -2.32. The molecule has 0 aromatic heterocycles. The lowest BCUT2D eigenvalue weighted by atomic mass is 9.93. The highest BCUT2D eigenvalue weighted by Gasteiger charge is 2.45. The summed E-state index contributed by atoms with van der Waals surface area (Å²) >= 11 is 0. The van der Waals surface area contributed by atoms with Gasteiger partial charge in [0.2, 0.25) is 5.91 Å². The van der Waals surface area contributed by atoms with Gasteiger partial charge in [-0.3, -0.25) is 9.59 Å². The molecule has 25 heavy (non-hydrogen) atoms. The maximum Gasteiger partial charge on any atom is 0.251 e. The van der Waals surface area contributed by atoms with Gasteiger partial charge in [-0.05, 0) is 49.8 Å². The topological polar surface area (TPSA) is 58.6 Å². The number of methoxy groups -OCH3 is 1. The van der Waals surface area contributed by atoms with Gasteiger partial charge < -0.3 is 15.0 Å². The van der Waals surface area contributed by atoms with Gasteiger partial charge in [-0.1, -0.05) is 6.07 Å². The number of piperidine rings is 1. The van der Waals surface area contributed by atoms with Crippen LogP contribution in [0.4, 0.5) is 4.39 Å². The molecule has 1 saturated carbocycles. The van der Waals surface area contributed by atoms with E-state index in [4.69, 9.17) is 4.74 Å². The quantitative estimate of drug-likeness (QED) is 0.859. The Kier molecular flexibility index (Phi) is 5.56. The van der Waals surface area contributed by atoms with E-state index in [9.17, 15) is 14.0 Å². The van der Waals surface area contributed by atoms with Crippen molar-refractivity contribution in [1.29, 1.82) is 0 Å². The zero-order valence-corrected chi connectivity index (χ0v) is 14.5. The second kappa shape index (κ2) is 7.85. The number of nitrogens with zero attached hydrogens (tertiary/aromatic N) is 1. The number of amides is 2. The molecule has 1 saturated heterocycles. The van der Waals surface area contributed by atoms with Crippen LogP contribution < -0.4 is 10.1 Å². The van der Waals surface area contributed by atoms with Gasteiger partial charge in [-0.15, -0.1) is 0 Å². The first-order chi connectivity index (χ1) is 12.1. The van der Waals surface area contributed by atoms with Crippen molar-refractivity contribution < 1.29 is 18.7 Å². The summed E-state index contributed by atoms with van der Waals surface area (Å²) in [4.78, 5) is 26.0. The second-order valence-corrected chi connectivity index (χ2v) is 6.90. The first-order valence-electron chi connectivity index (χ1n) is 8.93. The zero-order valence-electron chi connectivity index (χ0n) is 14.5. The van der Waals surface area contributed by atoms with Crippen LogP contribution in [0, 0.1) is 11.8 Å². The van der Waals surface area contributed by atoms with Crippen LogP contribution >= 0.6 is 0 Å². The molecule has 5 nitrogen and oxygen atoms in total. The van der Waals surface area contributed by atoms with Gasteiger partial charge in [-0.2, -0.15) is 0 Å². The van der Waals surface area contributed by atoms with Crippen LogP contribution in [0.2, 0.25) is 0 Å². The summed E-state index contributed by atoms with van der Waals surface area (Å²) in [6, 6.07) is 7.08. The van der Waals surface area contributed by atoms with E-state index in [-0.39, 0.29) is 17.7 Å². The molecule has 1 N–H and O–H groups in total. The molecule has 0 bridgehead atoms. The van der Waals surface area contributed by atoms with E-state index in [0.29, 0.717) is 43.3 Å². The molecule has 0 radical (unpaired) electrons. The van der Waals surface area contributed by atoms with Gasteiger partial charge >= 0.3 is 0 Å². The highest BCUT2D eigenvalue weighted by Crippen LogP contribution is 2.36. The molecular formula is C19H25FN2O3. The van der Waals surface area contributed by atoms with Gasteiger partial charge in [0.25, 0.3) is 5.91 Å². The lowest BCUT2D eigenvalue weighted by molar-refractivity contribution is -0.134. The minimum absolute atomic E-state index is 0.0164. The molecule has 0 spiro atoms. The largest absolute Gasteiger partial charge is 0.497 e. The number of alkyl halides is 1. The molecule has 2 atom stereocenters. The summed E-state index contributed by atoms with van der Waals surface area (Å²) in [5.74, 6) is 0.663. The second-order valence-electron chi connectivity index (χ2n) is 6.90. The number of ether oxygens (including phenoxy) is 1. The average molecular weight is 348 g/mol. The molecule has 6 heteroatoms. The third-order valence-corrected chi connectivity index (χ3v) is 5.13. The van der Waals surface area contributed by atoms with Crippen LogP contribution in [0.1, 0.15) is 36.0 Å². The fourth-order valence-electron chi connectivity index (χ4n) is 3.35. The number of halogens is 1. The van der Waals surface area contributed by atoms with Crippen LogP contribution in [-0.4, -0.2) is 49.6 Å². The molecule has 1 aromatic rings. The summed E-state index contributed by atoms with van der Waals surface area (Å²) < 4.78 is 18.1. The third kappa shape index (κ3) is 4.50. The Morgan fingerprint density at radius 1 is 1.32 bits per heavy atom. The number of nitrogens with one attached hydrogen (secondary N) is 1. The van der Waals surface area contributed by atoms with Gasteiger partial charge in [0.15, 0.2) is 0 Å². The fraction of sp³-hybridized carbons (Fsp3) is 0.579. The molecule has 2 amide bonds. The lowest BCUT2D eigenvalue weighted by Crippen LogP contribution is -2.40. The smallest absolute Gasteiger partial charge is 0.251 e. The highest BCUT2D eigenvalue weighted by atomic mass is 19.1. The Hall–Kier alpha value is -2.11. The molecular weight excluding hydrogens is 323 g/mol. The maximum absolute atomic E-state index is 13.0. The van der Waals surface area contributed by atoms with Gasteiger partial charge in [0.1, 0.15) is 11.9 Å². The number of carbonyl (C=O) groups is 2. The summed E-state index contributed by atoms with van der Waals surface area (Å²) in [5, 5.41) is 2.94. The Morgan fingerprint density at radius 2 is 2.04 bits per heavy atom. The molecule has 1 heterocycles. The fourth-order valence-corrected chi connectivity index (χ4v) is 3.35. The van der Waals surface area contributed by atoms with Gasteiger partial charge in [0, 0.05) is 25.2 Å². The number of rotatable bonds is 6. The highest BCUT2D eigenvalue weighted by molar-refractivity contribution is 5.94. The number of carbonyl (C=O) groups excluding carboxylic acids is 2. The Labute approximate surface area is 147 Å². The summed E-state index contributed by atoms with van der Waals surface area (Å²) in [7, 11) is 1.57. The SMILES string of the molecule is COc1cccc(C(=O)NCCC2CCN(C(=O)[C@@H]3C[C@@H]3F)CC2)c1. The Balaban J connectivity index is 1.37. The van der Waals surface area contributed by atoms with E-state index in [0.717, 1.165) is 19.3 Å². The standard InChI is InChI=1S/C19H25FN2O3/c1-25-15-4-2-3-14(11-15)18(23)21-8-5-13-6-9-22(10-7-13)19(24)16-12-17(16)20/h2-4,11,13,16-17H,5-10,12H2,1H3,(H,21,23)/t16-,17+/m1/s1. The average Bonchev–Trinajstić information content (AvgIpc) is 3.38. The van der Waals surface area contributed by atoms with Crippen LogP contribution in [0.3, 0.4) is 0 Å². The Bertz CT molecular complexity index is 629. The summed E-state index contributed by atoms with van der Waals surface area (Å²) in [5.41, 5.74) is 0.588. The number of hydrogen-bond donors (Lipinski definition) is 1. The van der Waals surface area contributed by atoms with Crippen molar-refractivity contribution in [1.82, 2.24) is 10.2 Å². The minimum Gasteiger partial charge on any atom is -0.497 e. The van der Waals surface area contributed by atoms with Crippen molar-refractivity contribution >= 4 is 11.8 Å². The van der Waals surface area contributed by atoms with E-state index in [1.54, 1.807) is 36.3 Å². The zero-order chi connectivity index (χ0) is 17.8. The molecule has 1 aliphatic heterocycles. The van der Waals surface area contributed by atoms with Crippen LogP contribution in [-0.2, 0) is 4.79 Å². The maximum atomic E-state index is 13.0. The van der Waals surface area contributed by atoms with Crippen molar-refractivity contribution in [3.63, 3.8) is 0 Å². The Morgan fingerprint density at radius 3 is 2.68 bits per heavy atom. The number of benzene rings is 1. The van der Waals surface area contributed by atoms with Gasteiger partial charge in [0.05, 0.1) is 13.0 Å². The van der Waals surface area contributed by atoms with Crippen LogP contribution in [0.5, 0.6) is 5.75 Å². The van der Waals surface area contributed by atoms with Crippen LogP contribution in [0.15, 0.2) is 24.3 Å². The van der Waals surface area contributed by atoms with Crippen molar-refractivity contribution in [2.75, 3.05) is 26.7 Å². The minimum atomic E-state index is -0.919. The van der Waals surface area contributed by atoms with E-state index in [2.05, 4.69) is 5.32 Å². The van der Waals surface area contributed by atoms with E-state index in [1.807, 2.05) is 0 Å². The van der Waals surface area contributed by atoms with Crippen molar-refractivity contribution in [3.05, 3.63) is 29.8 Å². The first kappa shape index (κ1) is 17.7. The number of likely N-dealkylation sites (tertiary alicyclic amines) is 1. The molecule has 1 aliphatic carbocycles. The molecule has 1 aromatic carbocycles. The van der Waals surface area contributed by atoms with E-state index < -0.39 is 6.17 Å². The monoisotopic (exact) mass is 348 g/mol. The third-order valence-electron chi connectivity index (χ3n) is 5.13. The van der Waals surface area contributed by atoms with E-state index >= 15 is 0 Å². The molecule has 2 aliphatic rings. The molecule has 0 unspecified atom stereocenters. The van der Waals surface area contributed by atoms with Crippen molar-refractivity contribution in [3.8, 4) is 5.75 Å². The number of hydrogen-bond acceptors (Lipinski definition) is 3. The van der Waals surface area contributed by atoms with Crippen molar-refractivity contribution in [2.45, 2.75) is 31.9 Å². The molecule has 136 valence electrons.